The maximum Gasteiger partial charge on any atom is 0.0342 e. The fraction of sp³-hybridized carbons (Fsp3) is 0.647. The number of likely N-dealkylation sites (tertiary alicyclic amines) is 1. The van der Waals surface area contributed by atoms with Crippen LogP contribution < -0.4 is 11.1 Å². The highest BCUT2D eigenvalue weighted by Crippen LogP contribution is 2.22. The maximum atomic E-state index is 5.96. The highest BCUT2D eigenvalue weighted by molar-refractivity contribution is 5.45. The largest absolute Gasteiger partial charge is 0.382 e. The predicted octanol–water partition coefficient (Wildman–Crippen LogP) is 2.96. The SMILES string of the molecule is NC1CCC(Nc2ccc(CN3CCCC3)cc2)CC1. The Balaban J connectivity index is 1.50. The second-order valence-corrected chi connectivity index (χ2v) is 6.44. The molecule has 0 aromatic heterocycles. The molecular weight excluding hydrogens is 246 g/mol. The highest BCUT2D eigenvalue weighted by Gasteiger charge is 2.18. The molecule has 1 aliphatic carbocycles. The first-order valence-electron chi connectivity index (χ1n) is 8.13. The first-order chi connectivity index (χ1) is 9.79. The first kappa shape index (κ1) is 13.9. The summed E-state index contributed by atoms with van der Waals surface area (Å²) in [6, 6.07) is 10.1. The van der Waals surface area contributed by atoms with Crippen molar-refractivity contribution in [3.05, 3.63) is 29.8 Å². The van der Waals surface area contributed by atoms with Crippen LogP contribution in [0.25, 0.3) is 0 Å². The molecule has 3 heteroatoms. The van der Waals surface area contributed by atoms with Gasteiger partial charge in [-0.05, 0) is 69.3 Å². The van der Waals surface area contributed by atoms with Gasteiger partial charge < -0.3 is 11.1 Å². The van der Waals surface area contributed by atoms with Gasteiger partial charge in [0.1, 0.15) is 0 Å². The molecule has 110 valence electrons. The molecule has 1 aliphatic heterocycles. The summed E-state index contributed by atoms with van der Waals surface area (Å²) in [5, 5.41) is 3.65. The molecule has 0 spiro atoms. The van der Waals surface area contributed by atoms with Gasteiger partial charge in [-0.3, -0.25) is 4.90 Å². The molecule has 3 nitrogen and oxygen atoms in total. The molecule has 0 bridgehead atoms. The zero-order chi connectivity index (χ0) is 13.8. The fourth-order valence-electron chi connectivity index (χ4n) is 3.40. The first-order valence-corrected chi connectivity index (χ1v) is 8.13. The van der Waals surface area contributed by atoms with E-state index in [1.54, 1.807) is 0 Å². The van der Waals surface area contributed by atoms with E-state index in [0.29, 0.717) is 12.1 Å². The van der Waals surface area contributed by atoms with Crippen LogP contribution in [0, 0.1) is 0 Å². The molecule has 20 heavy (non-hydrogen) atoms. The van der Waals surface area contributed by atoms with Crippen molar-refractivity contribution in [2.75, 3.05) is 18.4 Å². The van der Waals surface area contributed by atoms with Gasteiger partial charge in [-0.1, -0.05) is 12.1 Å². The summed E-state index contributed by atoms with van der Waals surface area (Å²) in [5.41, 5.74) is 8.65. The Hall–Kier alpha value is -1.06. The van der Waals surface area contributed by atoms with Gasteiger partial charge in [-0.25, -0.2) is 0 Å². The Bertz CT molecular complexity index is 401. The maximum absolute atomic E-state index is 5.96. The Morgan fingerprint density at radius 2 is 1.65 bits per heavy atom. The summed E-state index contributed by atoms with van der Waals surface area (Å²) in [6.07, 6.45) is 7.45. The number of rotatable bonds is 4. The normalized spacial score (nSPS) is 27.6. The quantitative estimate of drug-likeness (QED) is 0.886. The van der Waals surface area contributed by atoms with Gasteiger partial charge in [0, 0.05) is 24.3 Å². The molecule has 0 radical (unpaired) electrons. The van der Waals surface area contributed by atoms with Crippen LogP contribution in [-0.2, 0) is 6.54 Å². The minimum absolute atomic E-state index is 0.427. The summed E-state index contributed by atoms with van der Waals surface area (Å²) in [7, 11) is 0. The summed E-state index contributed by atoms with van der Waals surface area (Å²) in [4.78, 5) is 2.55. The average molecular weight is 273 g/mol. The number of hydrogen-bond acceptors (Lipinski definition) is 3. The van der Waals surface area contributed by atoms with Gasteiger partial charge in [0.05, 0.1) is 0 Å². The van der Waals surface area contributed by atoms with Crippen LogP contribution in [0.4, 0.5) is 5.69 Å². The van der Waals surface area contributed by atoms with Crippen LogP contribution in [0.5, 0.6) is 0 Å². The molecule has 1 aromatic carbocycles. The van der Waals surface area contributed by atoms with Gasteiger partial charge in [0.15, 0.2) is 0 Å². The molecule has 2 fully saturated rings. The van der Waals surface area contributed by atoms with Crippen molar-refractivity contribution in [3.63, 3.8) is 0 Å². The molecule has 0 amide bonds. The van der Waals surface area contributed by atoms with E-state index in [9.17, 15) is 0 Å². The minimum Gasteiger partial charge on any atom is -0.382 e. The molecule has 3 rings (SSSR count). The van der Waals surface area contributed by atoms with E-state index in [0.717, 1.165) is 19.4 Å². The van der Waals surface area contributed by atoms with Crippen molar-refractivity contribution in [2.24, 2.45) is 5.73 Å². The van der Waals surface area contributed by atoms with E-state index >= 15 is 0 Å². The third-order valence-corrected chi connectivity index (χ3v) is 4.70. The van der Waals surface area contributed by atoms with Gasteiger partial charge >= 0.3 is 0 Å². The zero-order valence-electron chi connectivity index (χ0n) is 12.4. The summed E-state index contributed by atoms with van der Waals surface area (Å²) in [5.74, 6) is 0. The molecule has 1 saturated carbocycles. The number of hydrogen-bond donors (Lipinski definition) is 2. The Morgan fingerprint density at radius 1 is 1.00 bits per heavy atom. The van der Waals surface area contributed by atoms with Crippen LogP contribution in [0.2, 0.25) is 0 Å². The molecule has 3 N–H and O–H groups in total. The lowest BCUT2D eigenvalue weighted by atomic mass is 9.91. The van der Waals surface area contributed by atoms with Gasteiger partial charge in [0.2, 0.25) is 0 Å². The number of nitrogens with one attached hydrogen (secondary N) is 1. The van der Waals surface area contributed by atoms with E-state index in [-0.39, 0.29) is 0 Å². The molecule has 1 heterocycles. The van der Waals surface area contributed by atoms with Crippen molar-refractivity contribution in [1.29, 1.82) is 0 Å². The Kier molecular flexibility index (Phi) is 4.58. The zero-order valence-corrected chi connectivity index (χ0v) is 12.4. The minimum atomic E-state index is 0.427. The molecule has 1 aromatic rings. The second kappa shape index (κ2) is 6.59. The monoisotopic (exact) mass is 273 g/mol. The smallest absolute Gasteiger partial charge is 0.0342 e. The van der Waals surface area contributed by atoms with Crippen LogP contribution >= 0.6 is 0 Å². The average Bonchev–Trinajstić information content (AvgIpc) is 2.96. The van der Waals surface area contributed by atoms with Crippen molar-refractivity contribution in [1.82, 2.24) is 4.90 Å². The number of benzene rings is 1. The van der Waals surface area contributed by atoms with E-state index in [2.05, 4.69) is 34.5 Å². The van der Waals surface area contributed by atoms with Gasteiger partial charge in [-0.15, -0.1) is 0 Å². The summed E-state index contributed by atoms with van der Waals surface area (Å²) >= 11 is 0. The topological polar surface area (TPSA) is 41.3 Å². The lowest BCUT2D eigenvalue weighted by Crippen LogP contribution is -2.32. The highest BCUT2D eigenvalue weighted by atomic mass is 15.1. The van der Waals surface area contributed by atoms with Crippen molar-refractivity contribution in [2.45, 2.75) is 57.2 Å². The van der Waals surface area contributed by atoms with E-state index in [1.165, 1.54) is 50.0 Å². The van der Waals surface area contributed by atoms with Crippen LogP contribution in [0.3, 0.4) is 0 Å². The molecular formula is C17H27N3. The Labute approximate surface area is 122 Å². The number of anilines is 1. The van der Waals surface area contributed by atoms with Crippen molar-refractivity contribution in [3.8, 4) is 0 Å². The van der Waals surface area contributed by atoms with E-state index in [4.69, 9.17) is 5.73 Å². The molecule has 0 unspecified atom stereocenters. The van der Waals surface area contributed by atoms with Gasteiger partial charge in [-0.2, -0.15) is 0 Å². The molecule has 2 aliphatic rings. The third-order valence-electron chi connectivity index (χ3n) is 4.70. The van der Waals surface area contributed by atoms with E-state index in [1.807, 2.05) is 0 Å². The summed E-state index contributed by atoms with van der Waals surface area (Å²) < 4.78 is 0. The lowest BCUT2D eigenvalue weighted by molar-refractivity contribution is 0.331. The van der Waals surface area contributed by atoms with Crippen molar-refractivity contribution >= 4 is 5.69 Å². The number of nitrogens with zero attached hydrogens (tertiary/aromatic N) is 1. The van der Waals surface area contributed by atoms with Crippen LogP contribution in [-0.4, -0.2) is 30.1 Å². The van der Waals surface area contributed by atoms with Crippen molar-refractivity contribution < 1.29 is 0 Å². The predicted molar refractivity (Wildman–Crippen MR) is 84.8 cm³/mol. The molecule has 1 saturated heterocycles. The third kappa shape index (κ3) is 3.74. The van der Waals surface area contributed by atoms with Gasteiger partial charge in [0.25, 0.3) is 0 Å². The molecule has 0 atom stereocenters. The lowest BCUT2D eigenvalue weighted by Gasteiger charge is -2.27. The summed E-state index contributed by atoms with van der Waals surface area (Å²) in [6.45, 7) is 3.64. The van der Waals surface area contributed by atoms with E-state index < -0.39 is 0 Å². The standard InChI is InChI=1S/C17H27N3/c18-15-5-9-17(10-6-15)19-16-7-3-14(4-8-16)13-20-11-1-2-12-20/h3-4,7-8,15,17,19H,1-2,5-6,9-13,18H2. The Morgan fingerprint density at radius 3 is 2.30 bits per heavy atom. The second-order valence-electron chi connectivity index (χ2n) is 6.44. The van der Waals surface area contributed by atoms with Crippen LogP contribution in [0.15, 0.2) is 24.3 Å². The van der Waals surface area contributed by atoms with Crippen LogP contribution in [0.1, 0.15) is 44.1 Å². The number of nitrogens with two attached hydrogens (primary N) is 1. The fourth-order valence-corrected chi connectivity index (χ4v) is 3.40.